The van der Waals surface area contributed by atoms with Crippen molar-refractivity contribution in [3.8, 4) is 0 Å². The summed E-state index contributed by atoms with van der Waals surface area (Å²) in [5, 5.41) is 0. The highest BCUT2D eigenvalue weighted by molar-refractivity contribution is 4.70. The number of hydrogen-bond donors (Lipinski definition) is 0. The molecule has 0 radical (unpaired) electrons. The molecule has 0 amide bonds. The molecule has 102 valence electrons. The molecule has 1 aliphatic heterocycles. The van der Waals surface area contributed by atoms with Crippen LogP contribution in [-0.4, -0.2) is 50.5 Å². The van der Waals surface area contributed by atoms with Crippen molar-refractivity contribution in [2.24, 2.45) is 5.92 Å². The van der Waals surface area contributed by atoms with E-state index < -0.39 is 0 Å². The van der Waals surface area contributed by atoms with E-state index in [4.69, 9.17) is 9.47 Å². The van der Waals surface area contributed by atoms with Crippen molar-refractivity contribution in [2.75, 3.05) is 39.5 Å². The van der Waals surface area contributed by atoms with Crippen molar-refractivity contribution in [3.05, 3.63) is 0 Å². The third-order valence-corrected chi connectivity index (χ3v) is 3.14. The molecule has 3 nitrogen and oxygen atoms in total. The summed E-state index contributed by atoms with van der Waals surface area (Å²) in [5.41, 5.74) is 0. The Morgan fingerprint density at radius 1 is 1.41 bits per heavy atom. The Labute approximate surface area is 106 Å². The molecule has 1 heterocycles. The average Bonchev–Trinajstić information content (AvgIpc) is 2.29. The van der Waals surface area contributed by atoms with Gasteiger partial charge in [0.1, 0.15) is 0 Å². The van der Waals surface area contributed by atoms with Gasteiger partial charge in [0, 0.05) is 19.7 Å². The fourth-order valence-electron chi connectivity index (χ4n) is 2.21. The molecule has 3 heteroatoms. The second-order valence-electron chi connectivity index (χ2n) is 5.40. The van der Waals surface area contributed by atoms with Gasteiger partial charge in [-0.2, -0.15) is 0 Å². The minimum Gasteiger partial charge on any atom is -0.379 e. The minimum absolute atomic E-state index is 0.286. The van der Waals surface area contributed by atoms with Crippen molar-refractivity contribution in [3.63, 3.8) is 0 Å². The number of ether oxygens (including phenoxy) is 2. The molecule has 0 spiro atoms. The lowest BCUT2D eigenvalue weighted by atomic mass is 10.1. The van der Waals surface area contributed by atoms with Crippen LogP contribution in [0, 0.1) is 5.92 Å². The second kappa shape index (κ2) is 8.90. The van der Waals surface area contributed by atoms with Crippen molar-refractivity contribution in [1.29, 1.82) is 0 Å². The summed E-state index contributed by atoms with van der Waals surface area (Å²) in [6.45, 7) is 12.6. The number of rotatable bonds is 8. The molecule has 1 rings (SSSR count). The maximum atomic E-state index is 5.72. The van der Waals surface area contributed by atoms with Crippen LogP contribution in [0.3, 0.4) is 0 Å². The highest BCUT2D eigenvalue weighted by Gasteiger charge is 2.19. The SMILES string of the molecule is CCCN1CCO[C@H](COCCCC(C)C)C1. The van der Waals surface area contributed by atoms with E-state index in [1.807, 2.05) is 0 Å². The summed E-state index contributed by atoms with van der Waals surface area (Å²) in [6.07, 6.45) is 3.94. The summed E-state index contributed by atoms with van der Waals surface area (Å²) in [7, 11) is 0. The van der Waals surface area contributed by atoms with Gasteiger partial charge in [-0.3, -0.25) is 4.90 Å². The van der Waals surface area contributed by atoms with Crippen molar-refractivity contribution in [2.45, 2.75) is 46.1 Å². The van der Waals surface area contributed by atoms with Crippen LogP contribution in [0.1, 0.15) is 40.0 Å². The van der Waals surface area contributed by atoms with Gasteiger partial charge in [-0.1, -0.05) is 20.8 Å². The average molecular weight is 243 g/mol. The maximum Gasteiger partial charge on any atom is 0.0935 e. The second-order valence-corrected chi connectivity index (χ2v) is 5.40. The van der Waals surface area contributed by atoms with Gasteiger partial charge in [0.25, 0.3) is 0 Å². The monoisotopic (exact) mass is 243 g/mol. The summed E-state index contributed by atoms with van der Waals surface area (Å²) < 4.78 is 11.4. The van der Waals surface area contributed by atoms with E-state index in [9.17, 15) is 0 Å². The van der Waals surface area contributed by atoms with Crippen LogP contribution in [-0.2, 0) is 9.47 Å². The topological polar surface area (TPSA) is 21.7 Å². The normalized spacial score (nSPS) is 22.2. The van der Waals surface area contributed by atoms with Gasteiger partial charge in [0.2, 0.25) is 0 Å². The molecule has 1 saturated heterocycles. The number of nitrogens with zero attached hydrogens (tertiary/aromatic N) is 1. The lowest BCUT2D eigenvalue weighted by molar-refractivity contribution is -0.0694. The van der Waals surface area contributed by atoms with Crippen LogP contribution in [0.15, 0.2) is 0 Å². The molecule has 0 unspecified atom stereocenters. The molecular weight excluding hydrogens is 214 g/mol. The van der Waals surface area contributed by atoms with Gasteiger partial charge in [-0.25, -0.2) is 0 Å². The van der Waals surface area contributed by atoms with Gasteiger partial charge in [-0.05, 0) is 31.7 Å². The predicted molar refractivity (Wildman–Crippen MR) is 71.4 cm³/mol. The molecule has 0 bridgehead atoms. The van der Waals surface area contributed by atoms with Gasteiger partial charge in [0.15, 0.2) is 0 Å². The molecule has 0 aromatic heterocycles. The van der Waals surface area contributed by atoms with Crippen molar-refractivity contribution >= 4 is 0 Å². The minimum atomic E-state index is 0.286. The quantitative estimate of drug-likeness (QED) is 0.612. The molecule has 0 aliphatic carbocycles. The van der Waals surface area contributed by atoms with E-state index in [-0.39, 0.29) is 6.10 Å². The molecule has 1 aliphatic rings. The van der Waals surface area contributed by atoms with E-state index in [0.717, 1.165) is 38.8 Å². The van der Waals surface area contributed by atoms with E-state index >= 15 is 0 Å². The molecule has 0 N–H and O–H groups in total. The number of hydrogen-bond acceptors (Lipinski definition) is 3. The Morgan fingerprint density at radius 3 is 2.94 bits per heavy atom. The highest BCUT2D eigenvalue weighted by Crippen LogP contribution is 2.07. The molecular formula is C14H29NO2. The summed E-state index contributed by atoms with van der Waals surface area (Å²) >= 11 is 0. The Kier molecular flexibility index (Phi) is 7.82. The largest absolute Gasteiger partial charge is 0.379 e. The molecule has 0 saturated carbocycles. The molecule has 1 atom stereocenters. The lowest BCUT2D eigenvalue weighted by Crippen LogP contribution is -2.44. The highest BCUT2D eigenvalue weighted by atomic mass is 16.5. The zero-order valence-corrected chi connectivity index (χ0v) is 11.8. The fourth-order valence-corrected chi connectivity index (χ4v) is 2.21. The third kappa shape index (κ3) is 7.02. The fraction of sp³-hybridized carbons (Fsp3) is 1.00. The van der Waals surface area contributed by atoms with Crippen LogP contribution >= 0.6 is 0 Å². The predicted octanol–water partition coefficient (Wildman–Crippen LogP) is 2.55. The van der Waals surface area contributed by atoms with E-state index in [1.54, 1.807) is 0 Å². The third-order valence-electron chi connectivity index (χ3n) is 3.14. The van der Waals surface area contributed by atoms with E-state index in [1.165, 1.54) is 25.8 Å². The Hall–Kier alpha value is -0.120. The molecule has 17 heavy (non-hydrogen) atoms. The Morgan fingerprint density at radius 2 is 2.24 bits per heavy atom. The van der Waals surface area contributed by atoms with Crippen molar-refractivity contribution in [1.82, 2.24) is 4.90 Å². The van der Waals surface area contributed by atoms with Crippen LogP contribution in [0.5, 0.6) is 0 Å². The first-order chi connectivity index (χ1) is 8.22. The Balaban J connectivity index is 2.02. The van der Waals surface area contributed by atoms with Gasteiger partial charge in [0.05, 0.1) is 19.3 Å². The van der Waals surface area contributed by atoms with Crippen LogP contribution < -0.4 is 0 Å². The maximum absolute atomic E-state index is 5.72. The van der Waals surface area contributed by atoms with Gasteiger partial charge in [-0.15, -0.1) is 0 Å². The van der Waals surface area contributed by atoms with Gasteiger partial charge < -0.3 is 9.47 Å². The molecule has 1 fully saturated rings. The van der Waals surface area contributed by atoms with Crippen LogP contribution in [0.2, 0.25) is 0 Å². The first kappa shape index (κ1) is 14.9. The van der Waals surface area contributed by atoms with Crippen LogP contribution in [0.4, 0.5) is 0 Å². The molecule has 0 aromatic carbocycles. The van der Waals surface area contributed by atoms with Crippen molar-refractivity contribution < 1.29 is 9.47 Å². The summed E-state index contributed by atoms with van der Waals surface area (Å²) in [4.78, 5) is 2.48. The Bertz CT molecular complexity index is 183. The van der Waals surface area contributed by atoms with Gasteiger partial charge >= 0.3 is 0 Å². The smallest absolute Gasteiger partial charge is 0.0935 e. The molecule has 0 aromatic rings. The summed E-state index contributed by atoms with van der Waals surface area (Å²) in [5.74, 6) is 0.782. The lowest BCUT2D eigenvalue weighted by Gasteiger charge is -2.32. The van der Waals surface area contributed by atoms with E-state index in [2.05, 4.69) is 25.7 Å². The van der Waals surface area contributed by atoms with Crippen LogP contribution in [0.25, 0.3) is 0 Å². The zero-order chi connectivity index (χ0) is 12.5. The van der Waals surface area contributed by atoms with E-state index in [0.29, 0.717) is 0 Å². The first-order valence-electron chi connectivity index (χ1n) is 7.14. The first-order valence-corrected chi connectivity index (χ1v) is 7.14. The summed E-state index contributed by atoms with van der Waals surface area (Å²) in [6, 6.07) is 0. The zero-order valence-electron chi connectivity index (χ0n) is 11.8. The standard InChI is InChI=1S/C14H29NO2/c1-4-7-15-8-10-17-14(11-15)12-16-9-5-6-13(2)3/h13-14H,4-12H2,1-3H3/t14-/m0/s1. The number of morpholine rings is 1.